The van der Waals surface area contributed by atoms with Crippen LogP contribution in [0, 0.1) is 6.92 Å². The topological polar surface area (TPSA) is 165 Å². The van der Waals surface area contributed by atoms with E-state index in [1.165, 1.54) is 19.1 Å². The Bertz CT molecular complexity index is 1320. The first-order chi connectivity index (χ1) is 18.0. The van der Waals surface area contributed by atoms with Crippen LogP contribution in [-0.2, 0) is 20.6 Å². The number of rotatable bonds is 8. The molecule has 3 aromatic rings. The van der Waals surface area contributed by atoms with E-state index in [0.29, 0.717) is 12.0 Å². The molecule has 2 aromatic carbocycles. The number of Topliss-reactive ketones (excluding diaryl/α,β-unsaturated/α-hetero) is 1. The third-order valence-corrected chi connectivity index (χ3v) is 6.48. The van der Waals surface area contributed by atoms with Gasteiger partial charge in [0.2, 0.25) is 5.79 Å². The first-order valence-electron chi connectivity index (χ1n) is 12.0. The molecule has 4 rings (SSSR count). The molecule has 204 valence electrons. The molecule has 0 aliphatic carbocycles. The lowest BCUT2D eigenvalue weighted by Gasteiger charge is -2.46. The molecule has 38 heavy (non-hydrogen) atoms. The van der Waals surface area contributed by atoms with Crippen LogP contribution in [0.4, 0.5) is 4.79 Å². The fourth-order valence-electron chi connectivity index (χ4n) is 4.45. The Morgan fingerprint density at radius 2 is 1.84 bits per heavy atom. The number of phenols is 1. The molecule has 0 bridgehead atoms. The minimum Gasteiger partial charge on any atom is -0.507 e. The number of furan rings is 1. The molecule has 5 atom stereocenters. The third-order valence-electron chi connectivity index (χ3n) is 6.48. The van der Waals surface area contributed by atoms with Gasteiger partial charge in [0.1, 0.15) is 53.7 Å². The molecule has 1 aromatic heterocycles. The zero-order chi connectivity index (χ0) is 27.6. The van der Waals surface area contributed by atoms with Crippen molar-refractivity contribution < 1.29 is 53.4 Å². The quantitative estimate of drug-likeness (QED) is 0.250. The van der Waals surface area contributed by atoms with Crippen LogP contribution in [0.5, 0.6) is 11.5 Å². The van der Waals surface area contributed by atoms with Gasteiger partial charge in [0.15, 0.2) is 5.78 Å². The number of hydrogen-bond donors (Lipinski definition) is 4. The second-order valence-electron chi connectivity index (χ2n) is 9.34. The van der Waals surface area contributed by atoms with Crippen molar-refractivity contribution >= 4 is 22.9 Å². The molecule has 0 radical (unpaired) electrons. The number of fused-ring (bicyclic) bond motifs is 1. The Morgan fingerprint density at radius 3 is 2.58 bits per heavy atom. The summed E-state index contributed by atoms with van der Waals surface area (Å²) >= 11 is 0. The molecular weight excluding hydrogens is 500 g/mol. The Morgan fingerprint density at radius 1 is 1.08 bits per heavy atom. The number of hydrogen-bond acceptors (Lipinski definition) is 11. The molecule has 0 saturated carbocycles. The van der Waals surface area contributed by atoms with Crippen LogP contribution in [0.2, 0.25) is 0 Å². The maximum absolute atomic E-state index is 13.3. The van der Waals surface area contributed by atoms with Gasteiger partial charge in [0.05, 0.1) is 13.4 Å². The summed E-state index contributed by atoms with van der Waals surface area (Å²) in [5, 5.41) is 43.1. The highest BCUT2D eigenvalue weighted by atomic mass is 16.7. The van der Waals surface area contributed by atoms with Crippen molar-refractivity contribution in [3.05, 3.63) is 59.4 Å². The van der Waals surface area contributed by atoms with Gasteiger partial charge >= 0.3 is 6.16 Å². The second-order valence-corrected chi connectivity index (χ2v) is 9.34. The molecule has 4 N–H and O–H groups in total. The first-order valence-corrected chi connectivity index (χ1v) is 12.0. The van der Waals surface area contributed by atoms with E-state index in [2.05, 4.69) is 4.74 Å². The molecule has 1 saturated heterocycles. The Labute approximate surface area is 218 Å². The number of ketones is 1. The highest BCUT2D eigenvalue weighted by Crippen LogP contribution is 2.38. The molecule has 2 heterocycles. The van der Waals surface area contributed by atoms with Crippen molar-refractivity contribution in [2.24, 2.45) is 0 Å². The zero-order valence-corrected chi connectivity index (χ0v) is 21.1. The summed E-state index contributed by atoms with van der Waals surface area (Å²) in [7, 11) is 1.10. The Hall–Kier alpha value is -3.64. The van der Waals surface area contributed by atoms with E-state index in [-0.39, 0.29) is 23.5 Å². The first kappa shape index (κ1) is 27.4. The van der Waals surface area contributed by atoms with Gasteiger partial charge in [0.25, 0.3) is 0 Å². The smallest absolute Gasteiger partial charge is 0.507 e. The minimum absolute atomic E-state index is 0.0351. The second kappa shape index (κ2) is 11.0. The number of aromatic hydroxyl groups is 1. The van der Waals surface area contributed by atoms with Crippen LogP contribution in [0.1, 0.15) is 34.8 Å². The number of phenolic OH excluding ortho intramolecular Hbond substituents is 1. The molecule has 1 aliphatic rings. The van der Waals surface area contributed by atoms with Crippen molar-refractivity contribution in [3.8, 4) is 11.5 Å². The summed E-state index contributed by atoms with van der Waals surface area (Å²) < 4.78 is 26.2. The van der Waals surface area contributed by atoms with Crippen molar-refractivity contribution in [1.82, 2.24) is 0 Å². The van der Waals surface area contributed by atoms with Crippen LogP contribution in [-0.4, -0.2) is 76.3 Å². The number of aliphatic hydroxyl groups excluding tert-OH is 3. The van der Waals surface area contributed by atoms with Crippen molar-refractivity contribution in [3.63, 3.8) is 0 Å². The number of aryl methyl sites for hydroxylation is 2. The number of carbonyl (C=O) groups excluding carboxylic acids is 2. The maximum atomic E-state index is 13.3. The van der Waals surface area contributed by atoms with E-state index >= 15 is 0 Å². The molecule has 11 heteroatoms. The van der Waals surface area contributed by atoms with Crippen LogP contribution in [0.25, 0.3) is 11.0 Å². The van der Waals surface area contributed by atoms with Gasteiger partial charge in [-0.15, -0.1) is 0 Å². The lowest BCUT2D eigenvalue weighted by molar-refractivity contribution is -0.330. The summed E-state index contributed by atoms with van der Waals surface area (Å²) in [6, 6.07) is 10.3. The maximum Gasteiger partial charge on any atom is 0.508 e. The molecule has 1 fully saturated rings. The van der Waals surface area contributed by atoms with Gasteiger partial charge in [-0.3, -0.25) is 4.79 Å². The monoisotopic (exact) mass is 530 g/mol. The highest BCUT2D eigenvalue weighted by molar-refractivity contribution is 6.01. The lowest BCUT2D eigenvalue weighted by Crippen LogP contribution is -2.66. The van der Waals surface area contributed by atoms with E-state index in [9.17, 15) is 30.0 Å². The van der Waals surface area contributed by atoms with Crippen LogP contribution in [0.3, 0.4) is 0 Å². The normalized spacial score (nSPS) is 25.2. The number of methoxy groups -OCH3 is 1. The van der Waals surface area contributed by atoms with Crippen molar-refractivity contribution in [2.45, 2.75) is 56.9 Å². The van der Waals surface area contributed by atoms with E-state index in [1.54, 1.807) is 13.2 Å². The van der Waals surface area contributed by atoms with Gasteiger partial charge in [-0.2, -0.15) is 0 Å². The average molecular weight is 531 g/mol. The fourth-order valence-corrected chi connectivity index (χ4v) is 4.45. The van der Waals surface area contributed by atoms with E-state index in [4.69, 9.17) is 18.6 Å². The van der Waals surface area contributed by atoms with E-state index in [0.717, 1.165) is 23.6 Å². The number of carbonyl (C=O) groups is 2. The number of benzene rings is 2. The predicted molar refractivity (Wildman–Crippen MR) is 132 cm³/mol. The van der Waals surface area contributed by atoms with Gasteiger partial charge in [0, 0.05) is 18.7 Å². The predicted octanol–water partition coefficient (Wildman–Crippen LogP) is 2.62. The van der Waals surface area contributed by atoms with E-state index < -0.39 is 48.7 Å². The summed E-state index contributed by atoms with van der Waals surface area (Å²) in [6.45, 7) is 2.46. The number of ether oxygens (including phenoxy) is 4. The summed E-state index contributed by atoms with van der Waals surface area (Å²) in [5.41, 5.74) is 2.05. The molecular formula is C27H30O11. The summed E-state index contributed by atoms with van der Waals surface area (Å²) in [4.78, 5) is 24.7. The lowest BCUT2D eigenvalue weighted by atomic mass is 9.93. The van der Waals surface area contributed by atoms with E-state index in [1.807, 2.05) is 24.3 Å². The number of aliphatic hydroxyl groups is 3. The average Bonchev–Trinajstić information content (AvgIpc) is 3.35. The van der Waals surface area contributed by atoms with Gasteiger partial charge in [-0.25, -0.2) is 4.79 Å². The molecule has 11 nitrogen and oxygen atoms in total. The molecule has 0 spiro atoms. The summed E-state index contributed by atoms with van der Waals surface area (Å²) in [5.74, 6) is -2.83. The van der Waals surface area contributed by atoms with Gasteiger partial charge in [-0.05, 0) is 54.8 Å². The van der Waals surface area contributed by atoms with Crippen LogP contribution < -0.4 is 4.74 Å². The Kier molecular flexibility index (Phi) is 7.93. The molecule has 0 amide bonds. The zero-order valence-electron chi connectivity index (χ0n) is 21.1. The highest BCUT2D eigenvalue weighted by Gasteiger charge is 2.53. The van der Waals surface area contributed by atoms with Crippen LogP contribution in [0.15, 0.2) is 47.1 Å². The standard InChI is InChI=1S/C27H30O11/c1-14-10-18(29)22(17(28)6-4-15-5-7-19-16(12-15)8-9-35-19)20(11-14)37-27(2)25(32)24(31)23(30)21(38-27)13-36-26(33)34-3/h5,7-12,21,23-25,29-32H,4,6,13H2,1-3H3/t21-,23-,24+,25-,27-/m1/s1. The van der Waals surface area contributed by atoms with Gasteiger partial charge in [-0.1, -0.05) is 6.07 Å². The SMILES string of the molecule is COC(=O)OC[C@H]1O[C@@](C)(Oc2cc(C)cc(O)c2C(=O)CCc2ccc3occc3c2)[C@H](O)[C@@H](O)[C@@H]1O. The minimum atomic E-state index is -2.00. The molecule has 1 aliphatic heterocycles. The fraction of sp³-hybridized carbons (Fsp3) is 0.407. The largest absolute Gasteiger partial charge is 0.508 e. The van der Waals surface area contributed by atoms with Crippen LogP contribution >= 0.6 is 0 Å². The van der Waals surface area contributed by atoms with Crippen molar-refractivity contribution in [1.29, 1.82) is 0 Å². The van der Waals surface area contributed by atoms with Crippen molar-refractivity contribution in [2.75, 3.05) is 13.7 Å². The third kappa shape index (κ3) is 5.60. The summed E-state index contributed by atoms with van der Waals surface area (Å²) in [6.07, 6.45) is -5.47. The Balaban J connectivity index is 1.57. The van der Waals surface area contributed by atoms with Gasteiger partial charge < -0.3 is 43.8 Å². The molecule has 0 unspecified atom stereocenters.